The van der Waals surface area contributed by atoms with E-state index in [0.29, 0.717) is 5.56 Å². The Balaban J connectivity index is 1.88. The number of carbonyl (C=O) groups is 1. The summed E-state index contributed by atoms with van der Waals surface area (Å²) in [5.74, 6) is -1.15. The summed E-state index contributed by atoms with van der Waals surface area (Å²) in [6.45, 7) is 0.197. The van der Waals surface area contributed by atoms with Crippen molar-refractivity contribution in [1.29, 1.82) is 5.26 Å². The Morgan fingerprint density at radius 3 is 2.72 bits per heavy atom. The molecule has 2 aromatic heterocycles. The first-order chi connectivity index (χ1) is 12.0. The number of fused-ring (bicyclic) bond motifs is 1. The molecular weight excluding hydrogens is 323 g/mol. The van der Waals surface area contributed by atoms with Gasteiger partial charge < -0.3 is 9.88 Å². The zero-order chi connectivity index (χ0) is 18.0. The molecule has 0 atom stereocenters. The smallest absolute Gasteiger partial charge is 0.263 e. The fourth-order valence-corrected chi connectivity index (χ4v) is 2.50. The fraction of sp³-hybridized carbons (Fsp3) is 0.111. The van der Waals surface area contributed by atoms with Gasteiger partial charge in [0.05, 0.1) is 17.1 Å². The fourth-order valence-electron chi connectivity index (χ4n) is 2.50. The van der Waals surface area contributed by atoms with Crippen LogP contribution in [0.4, 0.5) is 4.39 Å². The molecule has 1 aromatic carbocycles. The van der Waals surface area contributed by atoms with Crippen LogP contribution < -0.4 is 10.9 Å². The average molecular weight is 336 g/mol. The minimum atomic E-state index is -0.600. The van der Waals surface area contributed by atoms with Crippen LogP contribution in [0, 0.1) is 17.1 Å². The highest BCUT2D eigenvalue weighted by Crippen LogP contribution is 2.14. The number of hydrogen-bond donors (Lipinski definition) is 1. The van der Waals surface area contributed by atoms with Gasteiger partial charge in [-0.1, -0.05) is 12.1 Å². The molecule has 0 bridgehead atoms. The maximum absolute atomic E-state index is 13.9. The van der Waals surface area contributed by atoms with Crippen LogP contribution in [0.5, 0.6) is 0 Å². The van der Waals surface area contributed by atoms with Crippen LogP contribution in [0.15, 0.2) is 47.4 Å². The van der Waals surface area contributed by atoms with Gasteiger partial charge in [0.2, 0.25) is 0 Å². The maximum Gasteiger partial charge on any atom is 0.263 e. The Morgan fingerprint density at radius 1 is 1.32 bits per heavy atom. The van der Waals surface area contributed by atoms with Gasteiger partial charge in [-0.15, -0.1) is 0 Å². The van der Waals surface area contributed by atoms with E-state index in [1.54, 1.807) is 24.3 Å². The van der Waals surface area contributed by atoms with Crippen molar-refractivity contribution < 1.29 is 9.18 Å². The third-order valence-electron chi connectivity index (χ3n) is 3.84. The molecule has 0 aliphatic heterocycles. The van der Waals surface area contributed by atoms with Crippen molar-refractivity contribution in [1.82, 2.24) is 14.9 Å². The molecule has 0 aliphatic carbocycles. The third-order valence-corrected chi connectivity index (χ3v) is 3.84. The first kappa shape index (κ1) is 16.3. The third kappa shape index (κ3) is 3.10. The van der Waals surface area contributed by atoms with Gasteiger partial charge in [-0.3, -0.25) is 14.6 Å². The lowest BCUT2D eigenvalue weighted by atomic mass is 10.1. The Kier molecular flexibility index (Phi) is 4.27. The molecule has 0 unspecified atom stereocenters. The molecule has 0 aliphatic rings. The van der Waals surface area contributed by atoms with Crippen molar-refractivity contribution >= 4 is 16.9 Å². The zero-order valence-electron chi connectivity index (χ0n) is 13.3. The summed E-state index contributed by atoms with van der Waals surface area (Å²) < 4.78 is 14.9. The zero-order valence-corrected chi connectivity index (χ0v) is 13.3. The van der Waals surface area contributed by atoms with Gasteiger partial charge in [-0.2, -0.15) is 5.26 Å². The number of aryl methyl sites for hydroxylation is 1. The highest BCUT2D eigenvalue weighted by Gasteiger charge is 2.16. The largest absolute Gasteiger partial charge is 0.348 e. The van der Waals surface area contributed by atoms with Crippen molar-refractivity contribution in [2.75, 3.05) is 0 Å². The molecule has 6 nitrogen and oxygen atoms in total. The molecule has 0 radical (unpaired) electrons. The summed E-state index contributed by atoms with van der Waals surface area (Å²) in [5, 5.41) is 11.4. The van der Waals surface area contributed by atoms with Crippen LogP contribution in [-0.4, -0.2) is 15.5 Å². The molecule has 1 amide bonds. The average Bonchev–Trinajstić information content (AvgIpc) is 2.63. The second-order valence-electron chi connectivity index (χ2n) is 5.44. The number of nitrogens with zero attached hydrogens (tertiary/aromatic N) is 3. The lowest BCUT2D eigenvalue weighted by Gasteiger charge is -2.09. The van der Waals surface area contributed by atoms with Crippen molar-refractivity contribution in [3.63, 3.8) is 0 Å². The Morgan fingerprint density at radius 2 is 2.04 bits per heavy atom. The number of halogens is 1. The molecule has 0 saturated carbocycles. The number of pyridine rings is 2. The predicted molar refractivity (Wildman–Crippen MR) is 89.3 cm³/mol. The number of nitriles is 1. The lowest BCUT2D eigenvalue weighted by molar-refractivity contribution is 0.0949. The Labute approximate surface area is 142 Å². The van der Waals surface area contributed by atoms with Crippen LogP contribution in [0.25, 0.3) is 11.0 Å². The lowest BCUT2D eigenvalue weighted by Crippen LogP contribution is -2.32. The summed E-state index contributed by atoms with van der Waals surface area (Å²) in [6, 6.07) is 11.2. The van der Waals surface area contributed by atoms with E-state index in [-0.39, 0.29) is 23.1 Å². The summed E-state index contributed by atoms with van der Waals surface area (Å²) >= 11 is 0. The van der Waals surface area contributed by atoms with E-state index in [2.05, 4.69) is 10.3 Å². The van der Waals surface area contributed by atoms with Crippen molar-refractivity contribution in [2.45, 2.75) is 6.54 Å². The van der Waals surface area contributed by atoms with E-state index >= 15 is 0 Å². The normalized spacial score (nSPS) is 10.4. The highest BCUT2D eigenvalue weighted by molar-refractivity contribution is 5.96. The molecule has 3 aromatic rings. The van der Waals surface area contributed by atoms with Crippen molar-refractivity contribution in [3.8, 4) is 6.07 Å². The van der Waals surface area contributed by atoms with Crippen LogP contribution in [-0.2, 0) is 13.6 Å². The molecule has 1 N–H and O–H groups in total. The molecule has 25 heavy (non-hydrogen) atoms. The van der Waals surface area contributed by atoms with E-state index in [1.807, 2.05) is 6.07 Å². The number of benzene rings is 1. The van der Waals surface area contributed by atoms with E-state index in [0.717, 1.165) is 16.2 Å². The molecule has 7 heteroatoms. The van der Waals surface area contributed by atoms with Gasteiger partial charge in [0.15, 0.2) is 5.82 Å². The summed E-state index contributed by atoms with van der Waals surface area (Å²) in [6.07, 6.45) is 1.28. The molecular formula is C18H13FN4O2. The topological polar surface area (TPSA) is 87.8 Å². The highest BCUT2D eigenvalue weighted by atomic mass is 19.1. The minimum absolute atomic E-state index is 0.0520. The minimum Gasteiger partial charge on any atom is -0.348 e. The van der Waals surface area contributed by atoms with E-state index in [9.17, 15) is 14.0 Å². The van der Waals surface area contributed by atoms with Crippen LogP contribution in [0.3, 0.4) is 0 Å². The van der Waals surface area contributed by atoms with E-state index in [4.69, 9.17) is 5.26 Å². The molecule has 0 spiro atoms. The van der Waals surface area contributed by atoms with Gasteiger partial charge in [0.25, 0.3) is 11.5 Å². The number of nitrogens with one attached hydrogen (secondary N) is 1. The van der Waals surface area contributed by atoms with Gasteiger partial charge in [0, 0.05) is 19.8 Å². The van der Waals surface area contributed by atoms with Gasteiger partial charge in [0.1, 0.15) is 11.1 Å². The molecule has 124 valence electrons. The number of aromatic nitrogens is 2. The predicted octanol–water partition coefficient (Wildman–Crippen LogP) is 1.87. The molecule has 3 rings (SSSR count). The Hall–Kier alpha value is -3.53. The molecule has 0 fully saturated rings. The van der Waals surface area contributed by atoms with Crippen LogP contribution in [0.2, 0.25) is 0 Å². The second kappa shape index (κ2) is 6.53. The number of carbonyl (C=O) groups excluding carboxylic acids is 1. The monoisotopic (exact) mass is 336 g/mol. The Bertz CT molecular complexity index is 1070. The molecule has 2 heterocycles. The van der Waals surface area contributed by atoms with Gasteiger partial charge in [-0.05, 0) is 29.8 Å². The second-order valence-corrected chi connectivity index (χ2v) is 5.44. The van der Waals surface area contributed by atoms with Gasteiger partial charge >= 0.3 is 0 Å². The summed E-state index contributed by atoms with van der Waals surface area (Å²) in [4.78, 5) is 28.7. The quantitative estimate of drug-likeness (QED) is 0.791. The summed E-state index contributed by atoms with van der Waals surface area (Å²) in [5.41, 5.74) is 0.876. The van der Waals surface area contributed by atoms with Crippen molar-refractivity contribution in [3.05, 3.63) is 75.5 Å². The first-order valence-electron chi connectivity index (χ1n) is 7.42. The van der Waals surface area contributed by atoms with E-state index in [1.165, 1.54) is 19.3 Å². The number of rotatable bonds is 3. The standard InChI is InChI=1S/C18H13FN4O2/c1-23-16-14(19)6-7-21-15(16)8-13(18(23)25)17(24)22-10-12-4-2-11(9-20)3-5-12/h2-8H,10H2,1H3,(H,22,24). The van der Waals surface area contributed by atoms with Crippen LogP contribution >= 0.6 is 0 Å². The number of hydrogen-bond acceptors (Lipinski definition) is 4. The first-order valence-corrected chi connectivity index (χ1v) is 7.42. The number of amides is 1. The SMILES string of the molecule is Cn1c(=O)c(C(=O)NCc2ccc(C#N)cc2)cc2nccc(F)c21. The molecule has 0 saturated heterocycles. The summed E-state index contributed by atoms with van der Waals surface area (Å²) in [7, 11) is 1.40. The van der Waals surface area contributed by atoms with E-state index < -0.39 is 17.3 Å². The van der Waals surface area contributed by atoms with Crippen LogP contribution in [0.1, 0.15) is 21.5 Å². The van der Waals surface area contributed by atoms with Gasteiger partial charge in [-0.25, -0.2) is 4.39 Å². The maximum atomic E-state index is 13.9. The van der Waals surface area contributed by atoms with Crippen molar-refractivity contribution in [2.24, 2.45) is 7.05 Å².